The highest BCUT2D eigenvalue weighted by Gasteiger charge is 2.01. The molecule has 0 spiro atoms. The first kappa shape index (κ1) is 9.09. The molecule has 0 radical (unpaired) electrons. The number of alkyl halides is 1. The van der Waals surface area contributed by atoms with Gasteiger partial charge < -0.3 is 10.2 Å². The lowest BCUT2D eigenvalue weighted by molar-refractivity contribution is 0.192. The van der Waals surface area contributed by atoms with Crippen molar-refractivity contribution < 1.29 is 9.13 Å². The Morgan fingerprint density at radius 3 is 2.83 bits per heavy atom. The molecule has 0 unspecified atom stereocenters. The predicted molar refractivity (Wildman–Crippen MR) is 45.9 cm³/mol. The summed E-state index contributed by atoms with van der Waals surface area (Å²) in [5.74, 6) is 5.42. The minimum absolute atomic E-state index is 0.304. The molecule has 0 atom stereocenters. The molecule has 3 nitrogen and oxygen atoms in total. The highest BCUT2D eigenvalue weighted by molar-refractivity contribution is 6.32. The summed E-state index contributed by atoms with van der Waals surface area (Å²) in [4.78, 5) is 0. The average molecular weight is 191 g/mol. The number of benzene rings is 1. The standard InChI is InChI=1S/C7H8ClFN2O/c8-6-3-5(11-10)1-2-7(6)12-4-9/h1-3,11H,4,10H2. The van der Waals surface area contributed by atoms with E-state index in [1.807, 2.05) is 0 Å². The van der Waals surface area contributed by atoms with Gasteiger partial charge in [0.2, 0.25) is 6.86 Å². The average Bonchev–Trinajstić information content (AvgIpc) is 2.09. The molecule has 0 saturated carbocycles. The fraction of sp³-hybridized carbons (Fsp3) is 0.143. The van der Waals surface area contributed by atoms with Crippen molar-refractivity contribution in [3.8, 4) is 5.75 Å². The SMILES string of the molecule is NNc1ccc(OCF)c(Cl)c1. The Balaban J connectivity index is 2.87. The van der Waals surface area contributed by atoms with Crippen molar-refractivity contribution in [3.05, 3.63) is 23.2 Å². The Kier molecular flexibility index (Phi) is 3.13. The first-order valence-electron chi connectivity index (χ1n) is 3.23. The Labute approximate surface area is 74.2 Å². The monoisotopic (exact) mass is 190 g/mol. The van der Waals surface area contributed by atoms with Gasteiger partial charge in [0.15, 0.2) is 0 Å². The third-order valence-electron chi connectivity index (χ3n) is 1.31. The van der Waals surface area contributed by atoms with Crippen LogP contribution in [-0.2, 0) is 0 Å². The highest BCUT2D eigenvalue weighted by atomic mass is 35.5. The van der Waals surface area contributed by atoms with Gasteiger partial charge in [-0.1, -0.05) is 11.6 Å². The zero-order chi connectivity index (χ0) is 8.97. The Bertz CT molecular complexity index is 270. The van der Waals surface area contributed by atoms with Crippen LogP contribution in [0.4, 0.5) is 10.1 Å². The number of nitrogen functional groups attached to an aromatic ring is 1. The van der Waals surface area contributed by atoms with Crippen molar-refractivity contribution in [1.29, 1.82) is 0 Å². The molecule has 0 saturated heterocycles. The molecular weight excluding hydrogens is 183 g/mol. The maximum Gasteiger partial charge on any atom is 0.228 e. The quantitative estimate of drug-likeness (QED) is 0.566. The van der Waals surface area contributed by atoms with Crippen LogP contribution < -0.4 is 16.0 Å². The Hall–Kier alpha value is -1.00. The molecule has 1 aromatic rings. The highest BCUT2D eigenvalue weighted by Crippen LogP contribution is 2.27. The molecule has 0 amide bonds. The third kappa shape index (κ3) is 1.99. The van der Waals surface area contributed by atoms with Crippen LogP contribution in [0.15, 0.2) is 18.2 Å². The van der Waals surface area contributed by atoms with Gasteiger partial charge in [0.1, 0.15) is 5.75 Å². The molecule has 0 aliphatic rings. The molecule has 0 aliphatic heterocycles. The van der Waals surface area contributed by atoms with Gasteiger partial charge in [-0.25, -0.2) is 4.39 Å². The minimum Gasteiger partial charge on any atom is -0.461 e. The summed E-state index contributed by atoms with van der Waals surface area (Å²) in [5, 5.41) is 0.322. The molecule has 1 aromatic carbocycles. The second-order valence-corrected chi connectivity index (χ2v) is 2.45. The fourth-order valence-electron chi connectivity index (χ4n) is 0.766. The summed E-state index contributed by atoms with van der Waals surface area (Å²) in [6.45, 7) is -0.894. The number of hydrogen-bond acceptors (Lipinski definition) is 3. The summed E-state index contributed by atoms with van der Waals surface area (Å²) in [7, 11) is 0. The second-order valence-electron chi connectivity index (χ2n) is 2.04. The summed E-state index contributed by atoms with van der Waals surface area (Å²) in [6.07, 6.45) is 0. The van der Waals surface area contributed by atoms with Gasteiger partial charge in [0, 0.05) is 0 Å². The van der Waals surface area contributed by atoms with Gasteiger partial charge in [-0.05, 0) is 18.2 Å². The predicted octanol–water partition coefficient (Wildman–Crippen LogP) is 1.93. The maximum absolute atomic E-state index is 11.7. The molecular formula is C7H8ClFN2O. The number of nitrogens with one attached hydrogen (secondary N) is 1. The lowest BCUT2D eigenvalue weighted by Gasteiger charge is -2.05. The number of rotatable bonds is 3. The fourth-order valence-corrected chi connectivity index (χ4v) is 1.00. The van der Waals surface area contributed by atoms with Crippen LogP contribution in [0.25, 0.3) is 0 Å². The molecule has 0 bridgehead atoms. The summed E-state index contributed by atoms with van der Waals surface area (Å²) in [5.41, 5.74) is 3.05. The van der Waals surface area contributed by atoms with E-state index in [2.05, 4.69) is 10.2 Å². The Morgan fingerprint density at radius 2 is 2.33 bits per heavy atom. The zero-order valence-corrected chi connectivity index (χ0v) is 6.94. The molecule has 0 heterocycles. The van der Waals surface area contributed by atoms with E-state index in [9.17, 15) is 4.39 Å². The third-order valence-corrected chi connectivity index (χ3v) is 1.60. The van der Waals surface area contributed by atoms with E-state index >= 15 is 0 Å². The number of hydrazine groups is 1. The van der Waals surface area contributed by atoms with E-state index in [0.717, 1.165) is 0 Å². The summed E-state index contributed by atoms with van der Waals surface area (Å²) < 4.78 is 16.3. The van der Waals surface area contributed by atoms with Gasteiger partial charge in [-0.3, -0.25) is 5.84 Å². The van der Waals surface area contributed by atoms with E-state index in [1.165, 1.54) is 6.07 Å². The van der Waals surface area contributed by atoms with Crippen LogP contribution in [-0.4, -0.2) is 6.86 Å². The minimum atomic E-state index is -0.894. The molecule has 0 fully saturated rings. The number of nitrogens with two attached hydrogens (primary N) is 1. The topological polar surface area (TPSA) is 47.3 Å². The normalized spacial score (nSPS) is 9.58. The van der Waals surface area contributed by atoms with Crippen molar-refractivity contribution in [2.75, 3.05) is 12.3 Å². The van der Waals surface area contributed by atoms with Gasteiger partial charge in [0.05, 0.1) is 10.7 Å². The zero-order valence-electron chi connectivity index (χ0n) is 6.18. The summed E-state index contributed by atoms with van der Waals surface area (Å²) in [6, 6.07) is 4.72. The first-order valence-corrected chi connectivity index (χ1v) is 3.60. The molecule has 0 aliphatic carbocycles. The summed E-state index contributed by atoms with van der Waals surface area (Å²) >= 11 is 5.70. The van der Waals surface area contributed by atoms with Crippen LogP contribution in [0, 0.1) is 0 Å². The molecule has 5 heteroatoms. The van der Waals surface area contributed by atoms with Crippen LogP contribution >= 0.6 is 11.6 Å². The second kappa shape index (κ2) is 4.13. The Morgan fingerprint density at radius 1 is 1.58 bits per heavy atom. The number of halogens is 2. The van der Waals surface area contributed by atoms with Crippen molar-refractivity contribution in [2.45, 2.75) is 0 Å². The van der Waals surface area contributed by atoms with Crippen LogP contribution in [0.3, 0.4) is 0 Å². The lowest BCUT2D eigenvalue weighted by Crippen LogP contribution is -2.06. The number of hydrogen-bond donors (Lipinski definition) is 2. The molecule has 1 rings (SSSR count). The van der Waals surface area contributed by atoms with E-state index < -0.39 is 6.86 Å². The molecule has 0 aromatic heterocycles. The van der Waals surface area contributed by atoms with Crippen LogP contribution in [0.2, 0.25) is 5.02 Å². The molecule has 12 heavy (non-hydrogen) atoms. The molecule has 66 valence electrons. The van der Waals surface area contributed by atoms with Crippen molar-refractivity contribution in [1.82, 2.24) is 0 Å². The van der Waals surface area contributed by atoms with Gasteiger partial charge >= 0.3 is 0 Å². The largest absolute Gasteiger partial charge is 0.461 e. The van der Waals surface area contributed by atoms with Crippen molar-refractivity contribution in [2.24, 2.45) is 5.84 Å². The number of anilines is 1. The van der Waals surface area contributed by atoms with E-state index in [4.69, 9.17) is 17.4 Å². The van der Waals surface area contributed by atoms with Crippen molar-refractivity contribution in [3.63, 3.8) is 0 Å². The van der Waals surface area contributed by atoms with Crippen molar-refractivity contribution >= 4 is 17.3 Å². The molecule has 3 N–H and O–H groups in total. The van der Waals surface area contributed by atoms with E-state index in [0.29, 0.717) is 16.5 Å². The maximum atomic E-state index is 11.7. The number of ether oxygens (including phenoxy) is 1. The van der Waals surface area contributed by atoms with Gasteiger partial charge in [-0.2, -0.15) is 0 Å². The smallest absolute Gasteiger partial charge is 0.228 e. The lowest BCUT2D eigenvalue weighted by atomic mass is 10.3. The van der Waals surface area contributed by atoms with Gasteiger partial charge in [-0.15, -0.1) is 0 Å². The van der Waals surface area contributed by atoms with E-state index in [-0.39, 0.29) is 0 Å². The van der Waals surface area contributed by atoms with Crippen LogP contribution in [0.1, 0.15) is 0 Å². The van der Waals surface area contributed by atoms with E-state index in [1.54, 1.807) is 12.1 Å². The first-order chi connectivity index (χ1) is 5.77. The van der Waals surface area contributed by atoms with Crippen LogP contribution in [0.5, 0.6) is 5.75 Å². The van der Waals surface area contributed by atoms with Gasteiger partial charge in [0.25, 0.3) is 0 Å².